The Morgan fingerprint density at radius 2 is 0.914 bits per heavy atom. The van der Waals surface area contributed by atoms with Gasteiger partial charge >= 0.3 is 0 Å². The van der Waals surface area contributed by atoms with Gasteiger partial charge in [0.15, 0.2) is 0 Å². The summed E-state index contributed by atoms with van der Waals surface area (Å²) in [5, 5.41) is 26.3. The zero-order chi connectivity index (χ0) is 43.4. The highest BCUT2D eigenvalue weighted by molar-refractivity contribution is 6.90. The molecule has 2 aromatic carbocycles. The number of quaternary nitrogens is 1. The minimum Gasteiger partial charge on any atom is -0.507 e. The van der Waals surface area contributed by atoms with Gasteiger partial charge in [-0.25, -0.2) is 0 Å². The number of unbranched alkanes of at least 4 members (excludes halogenated alkanes) is 4. The monoisotopic (exact) mass is 833 g/mol. The van der Waals surface area contributed by atoms with Crippen molar-refractivity contribution in [2.24, 2.45) is 9.98 Å². The van der Waals surface area contributed by atoms with Gasteiger partial charge in [-0.05, 0) is 66.5 Å². The third-order valence-electron chi connectivity index (χ3n) is 13.5. The number of benzene rings is 2. The van der Waals surface area contributed by atoms with Gasteiger partial charge in [0.05, 0.1) is 54.4 Å². The van der Waals surface area contributed by atoms with Crippen LogP contribution in [0.3, 0.4) is 0 Å². The molecule has 2 atom stereocenters. The molecule has 7 heteroatoms. The second-order valence-corrected chi connectivity index (χ2v) is 31.4. The van der Waals surface area contributed by atoms with E-state index in [0.717, 1.165) is 47.9 Å². The lowest BCUT2D eigenvalue weighted by Gasteiger charge is -2.40. The number of hydrogen-bond donors (Lipinski definition) is 2. The van der Waals surface area contributed by atoms with E-state index in [-0.39, 0.29) is 22.9 Å². The average Bonchev–Trinajstić information content (AvgIpc) is 3.15. The van der Waals surface area contributed by atoms with E-state index < -0.39 is 16.1 Å². The van der Waals surface area contributed by atoms with Crippen molar-refractivity contribution in [3.8, 4) is 11.5 Å². The Balaban J connectivity index is 1.97. The molecule has 1 aliphatic carbocycles. The summed E-state index contributed by atoms with van der Waals surface area (Å²) in [6.45, 7) is 37.8. The molecule has 0 radical (unpaired) electrons. The first-order chi connectivity index (χ1) is 27.1. The topological polar surface area (TPSA) is 65.2 Å². The number of aliphatic imine (C=N–C) groups is 2. The van der Waals surface area contributed by atoms with Crippen LogP contribution in [-0.2, 0) is 10.8 Å². The SMILES string of the molecule is CCCC[N+](CCCC)(CCCC)CCC[Si](C)(C)c1cc(/C=N/[C@H]2CCCC[C@@H]2/N=C/c2cc([Si](C)(C)CCCC)cc(C(C)(C)C)c2O)c(O)c(C(C)(C)C)c1. The maximum absolute atomic E-state index is 11.8. The predicted octanol–water partition coefficient (Wildman–Crippen LogP) is 12.8. The molecule has 0 spiro atoms. The summed E-state index contributed by atoms with van der Waals surface area (Å²) >= 11 is 0. The van der Waals surface area contributed by atoms with Gasteiger partial charge in [-0.2, -0.15) is 0 Å². The normalized spacial score (nSPS) is 17.6. The van der Waals surface area contributed by atoms with Gasteiger partial charge in [-0.15, -0.1) is 0 Å². The van der Waals surface area contributed by atoms with Crippen LogP contribution in [0.25, 0.3) is 0 Å². The molecular weight excluding hydrogens is 743 g/mol. The fraction of sp³-hybridized carbons (Fsp3) is 0.725. The second-order valence-electron chi connectivity index (χ2n) is 21.7. The van der Waals surface area contributed by atoms with Crippen LogP contribution in [-0.4, -0.2) is 81.5 Å². The molecule has 3 rings (SSSR count). The average molecular weight is 833 g/mol. The number of rotatable bonds is 22. The van der Waals surface area contributed by atoms with Gasteiger partial charge < -0.3 is 14.7 Å². The van der Waals surface area contributed by atoms with E-state index in [0.29, 0.717) is 11.5 Å². The Hall–Kier alpha value is -2.23. The number of phenolic OH excluding ortho intramolecular Hbond substituents is 2. The molecule has 0 aromatic heterocycles. The Bertz CT molecular complexity index is 1610. The molecule has 2 aromatic rings. The summed E-state index contributed by atoms with van der Waals surface area (Å²) in [7, 11) is -3.54. The summed E-state index contributed by atoms with van der Waals surface area (Å²) in [6.07, 6.45) is 19.7. The summed E-state index contributed by atoms with van der Waals surface area (Å²) < 4.78 is 1.30. The quantitative estimate of drug-likeness (QED) is 0.0705. The highest BCUT2D eigenvalue weighted by Crippen LogP contribution is 2.35. The number of nitrogens with zero attached hydrogens (tertiary/aromatic N) is 3. The third kappa shape index (κ3) is 14.2. The van der Waals surface area contributed by atoms with Gasteiger partial charge in [0, 0.05) is 23.6 Å². The zero-order valence-electron chi connectivity index (χ0n) is 40.3. The molecule has 1 aliphatic rings. The van der Waals surface area contributed by atoms with Crippen LogP contribution in [0.1, 0.15) is 175 Å². The summed E-state index contributed by atoms with van der Waals surface area (Å²) in [4.78, 5) is 10.5. The fourth-order valence-electron chi connectivity index (χ4n) is 9.14. The fourth-order valence-corrected chi connectivity index (χ4v) is 14.2. The van der Waals surface area contributed by atoms with Gasteiger partial charge in [0.2, 0.25) is 0 Å². The van der Waals surface area contributed by atoms with E-state index in [1.807, 2.05) is 12.4 Å². The predicted molar refractivity (Wildman–Crippen MR) is 263 cm³/mol. The maximum atomic E-state index is 11.8. The summed E-state index contributed by atoms with van der Waals surface area (Å²) in [6, 6.07) is 11.7. The molecule has 328 valence electrons. The molecule has 1 saturated carbocycles. The largest absolute Gasteiger partial charge is 0.507 e. The second kappa shape index (κ2) is 22.0. The van der Waals surface area contributed by atoms with Crippen LogP contribution in [0, 0.1) is 0 Å². The molecule has 0 bridgehead atoms. The lowest BCUT2D eigenvalue weighted by atomic mass is 9.85. The molecule has 0 saturated heterocycles. The van der Waals surface area contributed by atoms with Crippen LogP contribution in [0.2, 0.25) is 38.3 Å². The van der Waals surface area contributed by atoms with Gasteiger partial charge in [-0.3, -0.25) is 9.98 Å². The molecule has 0 aliphatic heterocycles. The zero-order valence-corrected chi connectivity index (χ0v) is 42.3. The van der Waals surface area contributed by atoms with Crippen molar-refractivity contribution in [1.82, 2.24) is 0 Å². The summed E-state index contributed by atoms with van der Waals surface area (Å²) in [5.41, 5.74) is 3.39. The molecule has 2 N–H and O–H groups in total. The number of phenols is 2. The van der Waals surface area contributed by atoms with Crippen LogP contribution >= 0.6 is 0 Å². The Morgan fingerprint density at radius 1 is 0.569 bits per heavy atom. The lowest BCUT2D eigenvalue weighted by Crippen LogP contribution is -2.51. The third-order valence-corrected chi connectivity index (χ3v) is 20.4. The smallest absolute Gasteiger partial charge is 0.128 e. The number of aromatic hydroxyl groups is 2. The van der Waals surface area contributed by atoms with Crippen molar-refractivity contribution < 1.29 is 14.7 Å². The van der Waals surface area contributed by atoms with Crippen molar-refractivity contribution in [2.45, 2.75) is 214 Å². The first kappa shape index (κ1) is 50.1. The van der Waals surface area contributed by atoms with Crippen LogP contribution in [0.5, 0.6) is 11.5 Å². The van der Waals surface area contributed by atoms with Gasteiger partial charge in [0.1, 0.15) is 11.5 Å². The van der Waals surface area contributed by atoms with Crippen molar-refractivity contribution in [2.75, 3.05) is 26.2 Å². The Morgan fingerprint density at radius 3 is 1.26 bits per heavy atom. The van der Waals surface area contributed by atoms with E-state index in [2.05, 4.69) is 120 Å². The Kier molecular flexibility index (Phi) is 19.0. The van der Waals surface area contributed by atoms with Crippen LogP contribution in [0.15, 0.2) is 34.3 Å². The van der Waals surface area contributed by atoms with E-state index in [1.54, 1.807) is 0 Å². The first-order valence-electron chi connectivity index (χ1n) is 23.8. The lowest BCUT2D eigenvalue weighted by molar-refractivity contribution is -0.928. The maximum Gasteiger partial charge on any atom is 0.128 e. The molecule has 0 heterocycles. The molecule has 0 unspecified atom stereocenters. The van der Waals surface area contributed by atoms with Gasteiger partial charge in [0.25, 0.3) is 0 Å². The minimum atomic E-state index is -1.85. The van der Waals surface area contributed by atoms with Gasteiger partial charge in [-0.1, -0.05) is 181 Å². The molecule has 0 amide bonds. The summed E-state index contributed by atoms with van der Waals surface area (Å²) in [5.74, 6) is 0.744. The highest BCUT2D eigenvalue weighted by Gasteiger charge is 2.33. The van der Waals surface area contributed by atoms with E-state index in [4.69, 9.17) is 9.98 Å². The van der Waals surface area contributed by atoms with E-state index >= 15 is 0 Å². The Labute approximate surface area is 360 Å². The highest BCUT2D eigenvalue weighted by atomic mass is 28.3. The van der Waals surface area contributed by atoms with E-state index in [1.165, 1.54) is 111 Å². The van der Waals surface area contributed by atoms with Crippen molar-refractivity contribution in [1.29, 1.82) is 0 Å². The van der Waals surface area contributed by atoms with Crippen molar-refractivity contribution in [3.63, 3.8) is 0 Å². The number of hydrogen-bond acceptors (Lipinski definition) is 4. The molecular formula is C51H90N3O2Si2+. The minimum absolute atomic E-state index is 0.0411. The van der Waals surface area contributed by atoms with Crippen LogP contribution < -0.4 is 10.4 Å². The van der Waals surface area contributed by atoms with Crippen molar-refractivity contribution in [3.05, 3.63) is 46.5 Å². The molecule has 1 fully saturated rings. The first-order valence-corrected chi connectivity index (χ1v) is 30.2. The van der Waals surface area contributed by atoms with Crippen molar-refractivity contribution >= 4 is 39.0 Å². The molecule has 58 heavy (non-hydrogen) atoms. The standard InChI is InChI=1S/C51H89N3O2Si2/c1-15-19-28-54(29-20-16-2,30-21-17-3)31-25-33-58(13,14)43-35-41(49(56)45(37-43)51(8,9)10)39-53-47-27-24-23-26-46(47)52-38-40-34-42(57(11,12)32-22-18-4)36-44(48(40)55)50(5,6)7/h34-39,46-47H,15-33H2,1-14H3,(H-,52,53,55,56)/p+1/t46-,47-/m0/s1. The van der Waals surface area contributed by atoms with Crippen LogP contribution in [0.4, 0.5) is 0 Å². The van der Waals surface area contributed by atoms with E-state index in [9.17, 15) is 10.2 Å². The molecule has 5 nitrogen and oxygen atoms in total.